The highest BCUT2D eigenvalue weighted by Gasteiger charge is 2.47. The number of carbonyl (C=O) groups excluding carboxylic acids is 2. The highest BCUT2D eigenvalue weighted by atomic mass is 16.7. The highest BCUT2D eigenvalue weighted by Crippen LogP contribution is 2.26. The molecule has 2 saturated heterocycles. The monoisotopic (exact) mass is 1020 g/mol. The Morgan fingerprint density at radius 3 is 1.36 bits per heavy atom. The fraction of sp³-hybridized carbons (Fsp3) is 0.719. The summed E-state index contributed by atoms with van der Waals surface area (Å²) < 4.78 is 33.5. The van der Waals surface area contributed by atoms with Crippen molar-refractivity contribution in [2.75, 3.05) is 26.4 Å². The van der Waals surface area contributed by atoms with Gasteiger partial charge in [0.1, 0.15) is 55.4 Å². The van der Waals surface area contributed by atoms with Crippen LogP contribution in [0.25, 0.3) is 0 Å². The van der Waals surface area contributed by atoms with E-state index in [4.69, 9.17) is 28.4 Å². The van der Waals surface area contributed by atoms with Crippen LogP contribution in [-0.2, 0) is 38.0 Å². The number of allylic oxidation sites excluding steroid dienone is 14. The molecule has 15 nitrogen and oxygen atoms in total. The second-order valence-corrected chi connectivity index (χ2v) is 18.7. The van der Waals surface area contributed by atoms with Gasteiger partial charge in [-0.25, -0.2) is 0 Å². The second-order valence-electron chi connectivity index (χ2n) is 18.7. The lowest BCUT2D eigenvalue weighted by molar-refractivity contribution is -0.332. The van der Waals surface area contributed by atoms with Crippen LogP contribution in [-0.4, -0.2) is 142 Å². The Labute approximate surface area is 431 Å². The van der Waals surface area contributed by atoms with E-state index in [1.54, 1.807) is 0 Å². The number of hydrogen-bond acceptors (Lipinski definition) is 15. The molecule has 412 valence electrons. The lowest BCUT2D eigenvalue weighted by atomic mass is 9.98. The molecule has 15 heteroatoms. The molecule has 4 unspecified atom stereocenters. The van der Waals surface area contributed by atoms with Gasteiger partial charge in [-0.05, 0) is 83.5 Å². The third-order valence-electron chi connectivity index (χ3n) is 12.4. The largest absolute Gasteiger partial charge is 0.462 e. The molecule has 0 aromatic carbocycles. The molecule has 2 aliphatic heterocycles. The van der Waals surface area contributed by atoms with Crippen LogP contribution in [0.2, 0.25) is 0 Å². The third kappa shape index (κ3) is 30.1. The van der Waals surface area contributed by atoms with Crippen LogP contribution in [0.1, 0.15) is 168 Å². The van der Waals surface area contributed by atoms with Crippen molar-refractivity contribution in [3.63, 3.8) is 0 Å². The molecule has 2 rings (SSSR count). The predicted octanol–water partition coefficient (Wildman–Crippen LogP) is 8.38. The molecule has 0 aromatic rings. The minimum atomic E-state index is -1.78. The first-order valence-corrected chi connectivity index (χ1v) is 27.2. The number of ether oxygens (including phenoxy) is 6. The second kappa shape index (κ2) is 43.0. The molecule has 0 spiro atoms. The average molecular weight is 1020 g/mol. The van der Waals surface area contributed by atoms with Crippen LogP contribution < -0.4 is 0 Å². The maximum absolute atomic E-state index is 13.0. The fourth-order valence-electron chi connectivity index (χ4n) is 7.88. The third-order valence-corrected chi connectivity index (χ3v) is 12.4. The van der Waals surface area contributed by atoms with Crippen molar-refractivity contribution < 1.29 is 73.8 Å². The predicted molar refractivity (Wildman–Crippen MR) is 279 cm³/mol. The van der Waals surface area contributed by atoms with Crippen LogP contribution in [0.15, 0.2) is 85.1 Å². The maximum atomic E-state index is 13.0. The van der Waals surface area contributed by atoms with Crippen molar-refractivity contribution in [2.45, 2.75) is 235 Å². The van der Waals surface area contributed by atoms with E-state index in [0.29, 0.717) is 19.3 Å². The van der Waals surface area contributed by atoms with Crippen molar-refractivity contribution in [3.05, 3.63) is 85.1 Å². The van der Waals surface area contributed by atoms with Gasteiger partial charge in [0, 0.05) is 12.8 Å². The minimum absolute atomic E-state index is 0.0357. The Hall–Kier alpha value is -3.32. The van der Waals surface area contributed by atoms with Gasteiger partial charge in [-0.3, -0.25) is 9.59 Å². The first-order valence-electron chi connectivity index (χ1n) is 27.2. The van der Waals surface area contributed by atoms with Crippen molar-refractivity contribution in [1.82, 2.24) is 0 Å². The number of hydrogen-bond donors (Lipinski definition) is 7. The molecule has 0 radical (unpaired) electrons. The summed E-state index contributed by atoms with van der Waals surface area (Å²) in [5, 5.41) is 72.2. The Balaban J connectivity index is 1.83. The van der Waals surface area contributed by atoms with Crippen LogP contribution in [0, 0.1) is 0 Å². The molecule has 2 heterocycles. The summed E-state index contributed by atoms with van der Waals surface area (Å²) in [4.78, 5) is 25.8. The Bertz CT molecular complexity index is 1570. The molecule has 0 aliphatic carbocycles. The van der Waals surface area contributed by atoms with E-state index in [1.807, 2.05) is 12.2 Å². The lowest BCUT2D eigenvalue weighted by Gasteiger charge is -2.42. The van der Waals surface area contributed by atoms with E-state index in [1.165, 1.54) is 44.9 Å². The van der Waals surface area contributed by atoms with Gasteiger partial charge in [0.2, 0.25) is 0 Å². The topological polar surface area (TPSA) is 231 Å². The van der Waals surface area contributed by atoms with E-state index in [-0.39, 0.29) is 19.4 Å². The molecule has 0 saturated carbocycles. The maximum Gasteiger partial charge on any atom is 0.306 e. The van der Waals surface area contributed by atoms with Gasteiger partial charge in [-0.15, -0.1) is 0 Å². The van der Waals surface area contributed by atoms with Crippen molar-refractivity contribution in [3.8, 4) is 0 Å². The molecule has 11 atom stereocenters. The SMILES string of the molecule is CCCCC/C=C/C/C=C/C/C=C/C/C=C/C/C=C/CCC(=O)O[C@H](COC(=O)CCCCCCCCC/C=C/C/C=C/CCCCC)CO[C@H]1O[C@@H](CO[C@H]2O[C@@H](CO)[C@@H](O)C(O)C2O)[C@@H](O)C(O)C1O. The first-order chi connectivity index (χ1) is 35.0. The number of aliphatic hydroxyl groups excluding tert-OH is 7. The highest BCUT2D eigenvalue weighted by molar-refractivity contribution is 5.70. The number of rotatable bonds is 41. The number of carbonyl (C=O) groups is 2. The Morgan fingerprint density at radius 2 is 0.861 bits per heavy atom. The zero-order valence-electron chi connectivity index (χ0n) is 43.6. The van der Waals surface area contributed by atoms with Crippen LogP contribution in [0.5, 0.6) is 0 Å². The van der Waals surface area contributed by atoms with Gasteiger partial charge in [0.25, 0.3) is 0 Å². The van der Waals surface area contributed by atoms with Crippen molar-refractivity contribution in [1.29, 1.82) is 0 Å². The van der Waals surface area contributed by atoms with Crippen molar-refractivity contribution >= 4 is 11.9 Å². The van der Waals surface area contributed by atoms with E-state index in [9.17, 15) is 45.3 Å². The van der Waals surface area contributed by atoms with Gasteiger partial charge in [0.15, 0.2) is 18.7 Å². The Kier molecular flexibility index (Phi) is 38.7. The quantitative estimate of drug-likeness (QED) is 0.0173. The molecule has 0 aromatic heterocycles. The number of esters is 2. The molecule has 72 heavy (non-hydrogen) atoms. The number of aliphatic hydroxyl groups is 7. The van der Waals surface area contributed by atoms with E-state index in [0.717, 1.165) is 77.0 Å². The van der Waals surface area contributed by atoms with Gasteiger partial charge >= 0.3 is 11.9 Å². The average Bonchev–Trinajstić information content (AvgIpc) is 3.37. The fourth-order valence-corrected chi connectivity index (χ4v) is 7.88. The zero-order valence-corrected chi connectivity index (χ0v) is 43.6. The number of unbranched alkanes of at least 4 members (excludes halogenated alkanes) is 13. The van der Waals surface area contributed by atoms with E-state index < -0.39 is 99.3 Å². The van der Waals surface area contributed by atoms with Crippen LogP contribution in [0.4, 0.5) is 0 Å². The summed E-state index contributed by atoms with van der Waals surface area (Å²) in [7, 11) is 0. The molecule has 2 fully saturated rings. The van der Waals surface area contributed by atoms with E-state index in [2.05, 4.69) is 86.8 Å². The summed E-state index contributed by atoms with van der Waals surface area (Å²) in [6, 6.07) is 0. The molecular formula is C57H94O15. The van der Waals surface area contributed by atoms with Crippen molar-refractivity contribution in [2.24, 2.45) is 0 Å². The molecule has 7 N–H and O–H groups in total. The van der Waals surface area contributed by atoms with E-state index >= 15 is 0 Å². The first kappa shape index (κ1) is 64.8. The van der Waals surface area contributed by atoms with Gasteiger partial charge < -0.3 is 64.2 Å². The van der Waals surface area contributed by atoms with Gasteiger partial charge in [-0.2, -0.15) is 0 Å². The smallest absolute Gasteiger partial charge is 0.306 e. The molecular weight excluding hydrogens is 925 g/mol. The lowest BCUT2D eigenvalue weighted by Crippen LogP contribution is -2.61. The summed E-state index contributed by atoms with van der Waals surface area (Å²) in [5.41, 5.74) is 0. The summed E-state index contributed by atoms with van der Waals surface area (Å²) in [6.07, 6.45) is 36.1. The molecule has 0 amide bonds. The normalized spacial score (nSPS) is 25.7. The molecule has 2 aliphatic rings. The molecule has 0 bridgehead atoms. The summed E-state index contributed by atoms with van der Waals surface area (Å²) >= 11 is 0. The summed E-state index contributed by atoms with van der Waals surface area (Å²) in [5.74, 6) is -1.04. The minimum Gasteiger partial charge on any atom is -0.462 e. The summed E-state index contributed by atoms with van der Waals surface area (Å²) in [6.45, 7) is 2.44. The van der Waals surface area contributed by atoms with Gasteiger partial charge in [-0.1, -0.05) is 157 Å². The van der Waals surface area contributed by atoms with Crippen LogP contribution in [0.3, 0.4) is 0 Å². The van der Waals surface area contributed by atoms with Crippen LogP contribution >= 0.6 is 0 Å². The standard InChI is InChI=1S/C57H94O15/c1-3-5-7-9-11-13-15-17-19-21-22-24-26-28-30-32-34-36-38-40-49(60)70-45(42-67-48(59)39-37-35-33-31-29-27-25-23-20-18-16-14-12-10-8-6-4-2)43-68-56-55(66)53(64)51(62)47(72-56)44-69-57-54(65)52(63)50(61)46(41-58)71-57/h11-14,17-20,22,24,28,30,34,36,45-47,50-58,61-66H,3-10,15-16,21,23,25-27,29,31-33,35,37-44H2,1-2H3/b13-11+,14-12+,19-17+,20-18+,24-22+,30-28+,36-34+/t45-,46+,47+,50-,51-,52?,53?,54?,55?,56+,57+/m1/s1. The van der Waals surface area contributed by atoms with Gasteiger partial charge in [0.05, 0.1) is 19.8 Å². The Morgan fingerprint density at radius 1 is 0.444 bits per heavy atom. The zero-order chi connectivity index (χ0) is 52.4.